The number of fused-ring (bicyclic) bond motifs is 2. The Hall–Kier alpha value is -4.31. The number of nitrogens with zero attached hydrogens (tertiary/aromatic N) is 8. The van der Waals surface area contributed by atoms with Gasteiger partial charge in [0.1, 0.15) is 17.2 Å². The highest BCUT2D eigenvalue weighted by molar-refractivity contribution is 7.14. The first kappa shape index (κ1) is 28.8. The van der Waals surface area contributed by atoms with Crippen molar-refractivity contribution >= 4 is 40.0 Å². The third kappa shape index (κ3) is 5.84. The monoisotopic (exact) mass is 614 g/mol. The van der Waals surface area contributed by atoms with Crippen molar-refractivity contribution in [2.24, 2.45) is 7.05 Å². The lowest BCUT2D eigenvalue weighted by Crippen LogP contribution is -2.56. The molecule has 2 saturated heterocycles. The average molecular weight is 615 g/mol. The number of aliphatic hydroxyl groups is 1. The van der Waals surface area contributed by atoms with Crippen molar-refractivity contribution in [2.75, 3.05) is 41.8 Å². The van der Waals surface area contributed by atoms with E-state index in [4.69, 9.17) is 5.11 Å². The molecule has 2 aliphatic heterocycles. The van der Waals surface area contributed by atoms with Gasteiger partial charge < -0.3 is 25.5 Å². The van der Waals surface area contributed by atoms with Crippen LogP contribution in [0.5, 0.6) is 0 Å². The molecule has 0 aliphatic carbocycles. The molecule has 2 atom stereocenters. The van der Waals surface area contributed by atoms with E-state index >= 15 is 0 Å². The summed E-state index contributed by atoms with van der Waals surface area (Å²) in [7, 11) is 1.86. The van der Waals surface area contributed by atoms with E-state index in [0.717, 1.165) is 36.0 Å². The Bertz CT molecular complexity index is 1610. The van der Waals surface area contributed by atoms with Crippen LogP contribution in [0, 0.1) is 6.92 Å². The highest BCUT2D eigenvalue weighted by Crippen LogP contribution is 2.37. The minimum atomic E-state index is -4.64. The summed E-state index contributed by atoms with van der Waals surface area (Å²) in [5.41, 5.74) is 2.12. The van der Waals surface area contributed by atoms with E-state index in [0.29, 0.717) is 29.6 Å². The summed E-state index contributed by atoms with van der Waals surface area (Å²) >= 11 is 1.44. The van der Waals surface area contributed by atoms with Crippen molar-refractivity contribution in [1.82, 2.24) is 34.6 Å². The van der Waals surface area contributed by atoms with Gasteiger partial charge in [0.05, 0.1) is 35.6 Å². The van der Waals surface area contributed by atoms with Crippen LogP contribution >= 0.6 is 11.3 Å². The number of piperazine rings is 1. The molecular formula is C27H29F3N10O2S. The number of thiazole rings is 1. The standard InChI is InChI=1S/C27H29F3N10O2S/c1-15-19(13-38(2)37-15)21-14-43-26(34-21)35-22-6-3-16(9-32-22)24(42)40-17-4-5-18(40)12-39(11-17)25-33-10-20(27(28,29)30)23(36-25)31-7-8-41/h3,6,9-10,13-14,17-18,41H,4-5,7-8,11-12H2,1-2H3,(H,31,33,36)(H,32,34,35)/t17-,18?/m0/s1. The van der Waals surface area contributed by atoms with Gasteiger partial charge in [0.15, 0.2) is 5.13 Å². The van der Waals surface area contributed by atoms with E-state index in [-0.39, 0.29) is 42.9 Å². The molecule has 6 heterocycles. The van der Waals surface area contributed by atoms with Gasteiger partial charge in [-0.2, -0.15) is 23.3 Å². The maximum absolute atomic E-state index is 13.5. The number of nitrogens with one attached hydrogen (secondary N) is 2. The van der Waals surface area contributed by atoms with Crippen LogP contribution in [0.4, 0.5) is 35.9 Å². The zero-order valence-corrected chi connectivity index (χ0v) is 24.2. The van der Waals surface area contributed by atoms with E-state index in [1.54, 1.807) is 16.8 Å². The minimum absolute atomic E-state index is 0.0780. The number of hydrogen-bond donors (Lipinski definition) is 3. The molecule has 2 aliphatic rings. The van der Waals surface area contributed by atoms with Crippen molar-refractivity contribution in [3.63, 3.8) is 0 Å². The van der Waals surface area contributed by atoms with Crippen LogP contribution < -0.4 is 15.5 Å². The molecule has 2 fully saturated rings. The molecule has 1 unspecified atom stereocenters. The van der Waals surface area contributed by atoms with Crippen LogP contribution in [0.1, 0.15) is 34.5 Å². The van der Waals surface area contributed by atoms with Gasteiger partial charge in [0.25, 0.3) is 5.91 Å². The summed E-state index contributed by atoms with van der Waals surface area (Å²) in [6.07, 6.45) is 1.10. The first-order valence-electron chi connectivity index (χ1n) is 13.7. The zero-order chi connectivity index (χ0) is 30.3. The third-order valence-electron chi connectivity index (χ3n) is 7.52. The molecule has 6 rings (SSSR count). The minimum Gasteiger partial charge on any atom is -0.395 e. The van der Waals surface area contributed by atoms with Crippen LogP contribution in [0.25, 0.3) is 11.3 Å². The van der Waals surface area contributed by atoms with Crippen molar-refractivity contribution in [2.45, 2.75) is 38.0 Å². The van der Waals surface area contributed by atoms with Gasteiger partial charge in [0.2, 0.25) is 5.95 Å². The molecule has 4 aromatic rings. The molecule has 12 nitrogen and oxygen atoms in total. The third-order valence-corrected chi connectivity index (χ3v) is 8.28. The fourth-order valence-corrected chi connectivity index (χ4v) is 6.32. The van der Waals surface area contributed by atoms with Crippen LogP contribution in [-0.2, 0) is 13.2 Å². The summed E-state index contributed by atoms with van der Waals surface area (Å²) in [5.74, 6) is 0.184. The van der Waals surface area contributed by atoms with Crippen molar-refractivity contribution in [3.05, 3.63) is 52.9 Å². The summed E-state index contributed by atoms with van der Waals surface area (Å²) in [6.45, 7) is 2.30. The van der Waals surface area contributed by atoms with Crippen LogP contribution in [-0.4, -0.2) is 84.0 Å². The van der Waals surface area contributed by atoms with Gasteiger partial charge >= 0.3 is 6.18 Å². The van der Waals surface area contributed by atoms with Gasteiger partial charge in [-0.05, 0) is 31.9 Å². The highest BCUT2D eigenvalue weighted by Gasteiger charge is 2.44. The first-order valence-corrected chi connectivity index (χ1v) is 14.5. The molecule has 43 heavy (non-hydrogen) atoms. The predicted molar refractivity (Wildman–Crippen MR) is 154 cm³/mol. The molecule has 226 valence electrons. The predicted octanol–water partition coefficient (Wildman–Crippen LogP) is 3.70. The second-order valence-electron chi connectivity index (χ2n) is 10.5. The van der Waals surface area contributed by atoms with E-state index in [9.17, 15) is 18.0 Å². The highest BCUT2D eigenvalue weighted by atomic mass is 32.1. The number of alkyl halides is 3. The van der Waals surface area contributed by atoms with Crippen molar-refractivity contribution < 1.29 is 23.1 Å². The lowest BCUT2D eigenvalue weighted by molar-refractivity contribution is -0.137. The number of anilines is 4. The number of aryl methyl sites for hydroxylation is 2. The average Bonchev–Trinajstić information content (AvgIpc) is 3.65. The van der Waals surface area contributed by atoms with E-state index < -0.39 is 11.7 Å². The largest absolute Gasteiger partial charge is 0.421 e. The maximum atomic E-state index is 13.5. The SMILES string of the molecule is Cc1nn(C)cc1-c1csc(Nc2ccc(C(=O)N3C4CC[C@H]3CN(c3ncc(C(F)(F)F)c(NCCO)n3)C4)cn2)n1. The molecule has 2 bridgehead atoms. The zero-order valence-electron chi connectivity index (χ0n) is 23.3. The normalized spacial score (nSPS) is 18.3. The fraction of sp³-hybridized carbons (Fsp3) is 0.407. The Morgan fingerprint density at radius 1 is 1.14 bits per heavy atom. The molecule has 16 heteroatoms. The summed E-state index contributed by atoms with van der Waals surface area (Å²) in [6, 6.07) is 3.17. The van der Waals surface area contributed by atoms with Gasteiger partial charge in [-0.3, -0.25) is 9.48 Å². The summed E-state index contributed by atoms with van der Waals surface area (Å²) < 4.78 is 42.1. The maximum Gasteiger partial charge on any atom is 0.421 e. The molecular weight excluding hydrogens is 585 g/mol. The number of carbonyl (C=O) groups is 1. The van der Waals surface area contributed by atoms with Gasteiger partial charge in [-0.1, -0.05) is 0 Å². The Labute approximate surface area is 248 Å². The number of pyridine rings is 1. The lowest BCUT2D eigenvalue weighted by Gasteiger charge is -2.41. The number of aliphatic hydroxyl groups excluding tert-OH is 1. The Morgan fingerprint density at radius 3 is 2.53 bits per heavy atom. The Morgan fingerprint density at radius 2 is 1.91 bits per heavy atom. The number of halogens is 3. The second-order valence-corrected chi connectivity index (χ2v) is 11.3. The van der Waals surface area contributed by atoms with Crippen LogP contribution in [0.3, 0.4) is 0 Å². The molecule has 0 saturated carbocycles. The molecule has 3 N–H and O–H groups in total. The fourth-order valence-electron chi connectivity index (χ4n) is 5.60. The molecule has 1 amide bonds. The topological polar surface area (TPSA) is 137 Å². The van der Waals surface area contributed by atoms with Gasteiger partial charge in [0, 0.05) is 56.2 Å². The number of carbonyl (C=O) groups excluding carboxylic acids is 1. The number of aromatic nitrogens is 6. The van der Waals surface area contributed by atoms with Crippen LogP contribution in [0.2, 0.25) is 0 Å². The van der Waals surface area contributed by atoms with E-state index in [1.165, 1.54) is 17.5 Å². The van der Waals surface area contributed by atoms with E-state index in [2.05, 4.69) is 35.7 Å². The van der Waals surface area contributed by atoms with Crippen LogP contribution in [0.15, 0.2) is 36.1 Å². The molecule has 0 radical (unpaired) electrons. The first-order chi connectivity index (χ1) is 20.6. The lowest BCUT2D eigenvalue weighted by atomic mass is 10.1. The molecule has 0 aromatic carbocycles. The van der Waals surface area contributed by atoms with Gasteiger partial charge in [-0.15, -0.1) is 11.3 Å². The molecule has 0 spiro atoms. The summed E-state index contributed by atoms with van der Waals surface area (Å²) in [4.78, 5) is 34.4. The van der Waals surface area contributed by atoms with Crippen molar-refractivity contribution in [3.8, 4) is 11.3 Å². The number of rotatable bonds is 8. The van der Waals surface area contributed by atoms with E-state index in [1.807, 2.05) is 35.3 Å². The smallest absolute Gasteiger partial charge is 0.395 e. The summed E-state index contributed by atoms with van der Waals surface area (Å²) in [5, 5.41) is 21.8. The number of hydrogen-bond acceptors (Lipinski definition) is 11. The Balaban J connectivity index is 1.12. The number of amides is 1. The molecule has 4 aromatic heterocycles. The Kier molecular flexibility index (Phi) is 7.64. The van der Waals surface area contributed by atoms with Gasteiger partial charge in [-0.25, -0.2) is 15.0 Å². The van der Waals surface area contributed by atoms with Crippen molar-refractivity contribution in [1.29, 1.82) is 0 Å². The quantitative estimate of drug-likeness (QED) is 0.270. The second kappa shape index (κ2) is 11.4.